The first-order valence-electron chi connectivity index (χ1n) is 3.33. The highest BCUT2D eigenvalue weighted by Crippen LogP contribution is 2.25. The Kier molecular flexibility index (Phi) is 2.09. The number of rotatable bonds is 1. The van der Waals surface area contributed by atoms with Crippen molar-refractivity contribution in [1.82, 2.24) is 0 Å². The predicted molar refractivity (Wildman–Crippen MR) is 46.2 cm³/mol. The zero-order valence-corrected chi connectivity index (χ0v) is 7.19. The second-order valence-corrected chi connectivity index (χ2v) is 3.95. The highest BCUT2D eigenvalue weighted by atomic mass is 32.1. The van der Waals surface area contributed by atoms with Crippen molar-refractivity contribution in [3.8, 4) is 0 Å². The van der Waals surface area contributed by atoms with E-state index in [2.05, 4.69) is 12.6 Å². The highest BCUT2D eigenvalue weighted by molar-refractivity contribution is 7.82. The van der Waals surface area contributed by atoms with Crippen molar-refractivity contribution in [2.75, 3.05) is 6.61 Å². The lowest BCUT2D eigenvalue weighted by molar-refractivity contribution is 0.221. The van der Waals surface area contributed by atoms with E-state index in [1.807, 2.05) is 32.1 Å². The van der Waals surface area contributed by atoms with E-state index in [1.54, 1.807) is 0 Å². The van der Waals surface area contributed by atoms with E-state index >= 15 is 0 Å². The zero-order chi connectivity index (χ0) is 7.61. The molecule has 2 heteroatoms. The number of ether oxygens (including phenoxy) is 1. The van der Waals surface area contributed by atoms with Crippen molar-refractivity contribution < 1.29 is 4.74 Å². The Bertz CT molecular complexity index is 174. The second kappa shape index (κ2) is 2.70. The molecule has 0 aromatic heterocycles. The summed E-state index contributed by atoms with van der Waals surface area (Å²) in [5, 5.41) is 0. The largest absolute Gasteiger partial charge is 0.492 e. The van der Waals surface area contributed by atoms with Crippen LogP contribution >= 0.6 is 12.6 Å². The fourth-order valence-electron chi connectivity index (χ4n) is 0.778. The minimum atomic E-state index is -0.148. The molecule has 56 valence electrons. The van der Waals surface area contributed by atoms with Crippen LogP contribution in [0.1, 0.15) is 13.8 Å². The van der Waals surface area contributed by atoms with Gasteiger partial charge in [-0.3, -0.25) is 0 Å². The SMILES string of the molecule is CC(C)(S)C1=CC=CCO1. The fraction of sp³-hybridized carbons (Fsp3) is 0.500. The molecule has 1 aliphatic rings. The van der Waals surface area contributed by atoms with Crippen LogP contribution in [0.5, 0.6) is 0 Å². The Hall–Kier alpha value is -0.370. The van der Waals surface area contributed by atoms with Crippen LogP contribution in [0.15, 0.2) is 24.0 Å². The van der Waals surface area contributed by atoms with E-state index in [0.717, 1.165) is 5.76 Å². The van der Waals surface area contributed by atoms with Gasteiger partial charge in [0.05, 0.1) is 4.75 Å². The molecule has 1 rings (SSSR count). The summed E-state index contributed by atoms with van der Waals surface area (Å²) in [6.07, 6.45) is 5.93. The summed E-state index contributed by atoms with van der Waals surface area (Å²) < 4.78 is 5.19. The standard InChI is InChI=1S/C8H12OS/c1-8(2,10)7-5-3-4-6-9-7/h3-5,10H,6H2,1-2H3. The Morgan fingerprint density at radius 3 is 2.60 bits per heavy atom. The fourth-order valence-corrected chi connectivity index (χ4v) is 0.917. The molecule has 0 aromatic carbocycles. The van der Waals surface area contributed by atoms with Crippen LogP contribution in [-0.4, -0.2) is 11.4 Å². The second-order valence-electron chi connectivity index (χ2n) is 2.83. The number of thiol groups is 1. The molecule has 0 radical (unpaired) electrons. The van der Waals surface area contributed by atoms with Crippen LogP contribution in [0.3, 0.4) is 0 Å². The molecule has 1 aliphatic heterocycles. The maximum absolute atomic E-state index is 5.34. The summed E-state index contributed by atoms with van der Waals surface area (Å²) in [5.74, 6) is 0.943. The van der Waals surface area contributed by atoms with Gasteiger partial charge in [-0.2, -0.15) is 12.6 Å². The summed E-state index contributed by atoms with van der Waals surface area (Å²) >= 11 is 4.37. The molecule has 0 spiro atoms. The van der Waals surface area contributed by atoms with Crippen molar-refractivity contribution in [2.45, 2.75) is 18.6 Å². The third-order valence-electron chi connectivity index (χ3n) is 1.32. The van der Waals surface area contributed by atoms with Crippen LogP contribution in [0.2, 0.25) is 0 Å². The van der Waals surface area contributed by atoms with Gasteiger partial charge in [0.15, 0.2) is 0 Å². The van der Waals surface area contributed by atoms with Crippen molar-refractivity contribution in [1.29, 1.82) is 0 Å². The lowest BCUT2D eigenvalue weighted by Crippen LogP contribution is -2.18. The highest BCUT2D eigenvalue weighted by Gasteiger charge is 2.19. The van der Waals surface area contributed by atoms with Gasteiger partial charge in [0, 0.05) is 0 Å². The van der Waals surface area contributed by atoms with Gasteiger partial charge >= 0.3 is 0 Å². The predicted octanol–water partition coefficient (Wildman–Crippen LogP) is 2.17. The zero-order valence-electron chi connectivity index (χ0n) is 6.29. The lowest BCUT2D eigenvalue weighted by Gasteiger charge is -2.23. The number of hydrogen-bond donors (Lipinski definition) is 1. The van der Waals surface area contributed by atoms with Gasteiger partial charge < -0.3 is 4.74 Å². The van der Waals surface area contributed by atoms with Crippen molar-refractivity contribution >= 4 is 12.6 Å². The minimum absolute atomic E-state index is 0.148. The third-order valence-corrected chi connectivity index (χ3v) is 1.54. The van der Waals surface area contributed by atoms with E-state index in [9.17, 15) is 0 Å². The molecular weight excluding hydrogens is 144 g/mol. The van der Waals surface area contributed by atoms with Crippen molar-refractivity contribution in [3.63, 3.8) is 0 Å². The van der Waals surface area contributed by atoms with Crippen molar-refractivity contribution in [2.24, 2.45) is 0 Å². The van der Waals surface area contributed by atoms with E-state index < -0.39 is 0 Å². The Labute approximate surface area is 67.2 Å². The molecule has 1 nitrogen and oxygen atoms in total. The Morgan fingerprint density at radius 2 is 2.30 bits per heavy atom. The Balaban J connectivity index is 2.72. The molecule has 0 aromatic rings. The molecule has 0 N–H and O–H groups in total. The van der Waals surface area contributed by atoms with Crippen LogP contribution in [-0.2, 0) is 4.74 Å². The maximum Gasteiger partial charge on any atom is 0.112 e. The number of hydrogen-bond acceptors (Lipinski definition) is 2. The molecule has 0 unspecified atom stereocenters. The third kappa shape index (κ3) is 1.81. The average Bonchev–Trinajstić information content (AvgIpc) is 1.88. The van der Waals surface area contributed by atoms with Crippen LogP contribution < -0.4 is 0 Å². The molecule has 1 heterocycles. The normalized spacial score (nSPS) is 18.1. The summed E-state index contributed by atoms with van der Waals surface area (Å²) in [4.78, 5) is 0. The molecule has 0 saturated heterocycles. The van der Waals surface area contributed by atoms with Gasteiger partial charge in [-0.1, -0.05) is 6.08 Å². The van der Waals surface area contributed by atoms with Gasteiger partial charge in [-0.05, 0) is 26.0 Å². The lowest BCUT2D eigenvalue weighted by atomic mass is 10.1. The van der Waals surface area contributed by atoms with Crippen LogP contribution in [0.4, 0.5) is 0 Å². The quantitative estimate of drug-likeness (QED) is 0.572. The minimum Gasteiger partial charge on any atom is -0.492 e. The van der Waals surface area contributed by atoms with Gasteiger partial charge in [0.2, 0.25) is 0 Å². The first-order valence-corrected chi connectivity index (χ1v) is 3.78. The molecule has 0 atom stereocenters. The molecule has 0 amide bonds. The van der Waals surface area contributed by atoms with Crippen molar-refractivity contribution in [3.05, 3.63) is 24.0 Å². The van der Waals surface area contributed by atoms with Gasteiger partial charge in [-0.25, -0.2) is 0 Å². The molecule has 0 fully saturated rings. The van der Waals surface area contributed by atoms with Gasteiger partial charge in [0.25, 0.3) is 0 Å². The first kappa shape index (κ1) is 7.73. The smallest absolute Gasteiger partial charge is 0.112 e. The van der Waals surface area contributed by atoms with Gasteiger partial charge in [0.1, 0.15) is 12.4 Å². The molecule has 0 bridgehead atoms. The molecular formula is C8H12OS. The summed E-state index contributed by atoms with van der Waals surface area (Å²) in [6, 6.07) is 0. The monoisotopic (exact) mass is 156 g/mol. The molecule has 0 saturated carbocycles. The Morgan fingerprint density at radius 1 is 1.60 bits per heavy atom. The number of allylic oxidation sites excluding steroid dienone is 2. The van der Waals surface area contributed by atoms with Gasteiger partial charge in [-0.15, -0.1) is 0 Å². The topological polar surface area (TPSA) is 9.23 Å². The summed E-state index contributed by atoms with van der Waals surface area (Å²) in [7, 11) is 0. The van der Waals surface area contributed by atoms with E-state index in [4.69, 9.17) is 4.74 Å². The van der Waals surface area contributed by atoms with Crippen LogP contribution in [0.25, 0.3) is 0 Å². The summed E-state index contributed by atoms with van der Waals surface area (Å²) in [6.45, 7) is 4.71. The molecule has 0 aliphatic carbocycles. The van der Waals surface area contributed by atoms with E-state index in [1.165, 1.54) is 0 Å². The van der Waals surface area contributed by atoms with E-state index in [-0.39, 0.29) is 4.75 Å². The molecule has 10 heavy (non-hydrogen) atoms. The van der Waals surface area contributed by atoms with E-state index in [0.29, 0.717) is 6.61 Å². The maximum atomic E-state index is 5.34. The average molecular weight is 156 g/mol. The summed E-state index contributed by atoms with van der Waals surface area (Å²) in [5.41, 5.74) is 0. The first-order chi connectivity index (χ1) is 4.61. The van der Waals surface area contributed by atoms with Crippen LogP contribution in [0, 0.1) is 0 Å².